The van der Waals surface area contributed by atoms with Crippen molar-refractivity contribution in [2.75, 3.05) is 36.8 Å². The van der Waals surface area contributed by atoms with Crippen molar-refractivity contribution in [1.29, 1.82) is 5.26 Å². The van der Waals surface area contributed by atoms with Crippen LogP contribution in [0.1, 0.15) is 76.8 Å². The van der Waals surface area contributed by atoms with Crippen LogP contribution in [0, 0.1) is 34.5 Å². The average molecular weight is 663 g/mol. The van der Waals surface area contributed by atoms with E-state index in [0.29, 0.717) is 72.3 Å². The molecule has 2 aromatic rings. The van der Waals surface area contributed by atoms with E-state index < -0.39 is 11.7 Å². The summed E-state index contributed by atoms with van der Waals surface area (Å²) in [5, 5.41) is 23.9. The number of halogens is 1. The molecule has 1 aromatic carbocycles. The number of hydrogen-bond donors (Lipinski definition) is 4. The van der Waals surface area contributed by atoms with Gasteiger partial charge in [0.05, 0.1) is 12.7 Å². The number of anilines is 2. The summed E-state index contributed by atoms with van der Waals surface area (Å²) >= 11 is 6.31. The number of nitriles is 1. The van der Waals surface area contributed by atoms with Gasteiger partial charge in [0.2, 0.25) is 11.9 Å². The Labute approximate surface area is 282 Å². The Bertz CT molecular complexity index is 1480. The highest BCUT2D eigenvalue weighted by atomic mass is 35.5. The van der Waals surface area contributed by atoms with Crippen molar-refractivity contribution < 1.29 is 14.3 Å². The van der Waals surface area contributed by atoms with E-state index in [1.807, 2.05) is 49.9 Å². The summed E-state index contributed by atoms with van der Waals surface area (Å²) < 4.78 is 5.38. The second kappa shape index (κ2) is 13.9. The van der Waals surface area contributed by atoms with Gasteiger partial charge in [-0.05, 0) is 101 Å². The summed E-state index contributed by atoms with van der Waals surface area (Å²) in [7, 11) is 0. The minimum absolute atomic E-state index is 0.0268. The third-order valence-electron chi connectivity index (χ3n) is 10.4. The second-order valence-electron chi connectivity index (χ2n) is 15.0. The number of nitrogens with one attached hydrogen (secondary N) is 4. The van der Waals surface area contributed by atoms with Crippen molar-refractivity contribution in [3.05, 3.63) is 46.6 Å². The maximum atomic E-state index is 13.2. The Hall–Kier alpha value is -3.62. The lowest BCUT2D eigenvalue weighted by Crippen LogP contribution is -2.60. The summed E-state index contributed by atoms with van der Waals surface area (Å²) in [5.41, 5.74) is 1.01. The zero-order valence-electron chi connectivity index (χ0n) is 27.7. The zero-order valence-corrected chi connectivity index (χ0v) is 28.4. The largest absolute Gasteiger partial charge is 0.444 e. The molecule has 252 valence electrons. The lowest BCUT2D eigenvalue weighted by molar-refractivity contribution is -0.132. The minimum atomic E-state index is -0.529. The lowest BCUT2D eigenvalue weighted by Gasteiger charge is -2.60. The molecule has 2 heterocycles. The van der Waals surface area contributed by atoms with E-state index in [0.717, 1.165) is 37.8 Å². The maximum Gasteiger partial charge on any atom is 0.407 e. The summed E-state index contributed by atoms with van der Waals surface area (Å²) in [4.78, 5) is 36.3. The Morgan fingerprint density at radius 3 is 2.51 bits per heavy atom. The number of rotatable bonds is 10. The molecule has 4 bridgehead atoms. The van der Waals surface area contributed by atoms with Crippen LogP contribution in [0.4, 0.5) is 16.6 Å². The van der Waals surface area contributed by atoms with Crippen molar-refractivity contribution in [2.45, 2.75) is 89.9 Å². The van der Waals surface area contributed by atoms with E-state index in [-0.39, 0.29) is 17.4 Å². The van der Waals surface area contributed by atoms with Crippen LogP contribution < -0.4 is 21.3 Å². The number of nitrogens with zero attached hydrogens (tertiary/aromatic N) is 4. The molecule has 4 N–H and O–H groups in total. The molecule has 5 atom stereocenters. The Balaban J connectivity index is 0.994. The monoisotopic (exact) mass is 662 g/mol. The molecule has 7 rings (SSSR count). The summed E-state index contributed by atoms with van der Waals surface area (Å²) in [6.07, 6.45) is 8.45. The van der Waals surface area contributed by atoms with Gasteiger partial charge in [-0.15, -0.1) is 0 Å². The van der Waals surface area contributed by atoms with Gasteiger partial charge in [0.15, 0.2) is 0 Å². The van der Waals surface area contributed by atoms with Gasteiger partial charge in [-0.2, -0.15) is 10.2 Å². The van der Waals surface area contributed by atoms with E-state index >= 15 is 0 Å². The van der Waals surface area contributed by atoms with Crippen LogP contribution in [0.5, 0.6) is 0 Å². The van der Waals surface area contributed by atoms with Gasteiger partial charge in [-0.25, -0.2) is 9.78 Å². The molecule has 1 aliphatic heterocycles. The van der Waals surface area contributed by atoms with E-state index in [9.17, 15) is 14.9 Å². The zero-order chi connectivity index (χ0) is 33.2. The first-order valence-corrected chi connectivity index (χ1v) is 17.4. The number of piperidine rings is 1. The third-order valence-corrected chi connectivity index (χ3v) is 10.8. The molecule has 4 aliphatic carbocycles. The summed E-state index contributed by atoms with van der Waals surface area (Å²) in [5.74, 6) is 2.92. The quantitative estimate of drug-likeness (QED) is 0.265. The van der Waals surface area contributed by atoms with Crippen molar-refractivity contribution in [1.82, 2.24) is 25.5 Å². The predicted octanol–water partition coefficient (Wildman–Crippen LogP) is 5.33. The standard InChI is InChI=1S/C35H47ClN8O3/c1-34(2,3)47-33(46)42-27-8-10-44(11-9-27)29(45)20-38-30-24-12-22-13-25(30)16-35(14-22,15-24)21-41-31-26(17-37)19-40-32(43-31)39-18-23-6-4-5-7-28(23)36/h4-7,19,22,24-25,27,30,38H,8-16,18,20-21H2,1-3H3,(H,42,46)(H2,39,40,41,43)/t22?,24-,25+,30?,35?. The van der Waals surface area contributed by atoms with Crippen molar-refractivity contribution in [3.63, 3.8) is 0 Å². The van der Waals surface area contributed by atoms with Crippen LogP contribution in [0.15, 0.2) is 30.5 Å². The SMILES string of the molecule is CC(C)(C)OC(=O)NC1CCN(C(=O)CNC2[C@@H]3CC4C[C@H]2CC(CNc2nc(NCc5ccccc5Cl)ncc2C#N)(C4)C3)CC1. The molecule has 3 unspecified atom stereocenters. The molecule has 4 saturated carbocycles. The molecule has 5 fully saturated rings. The highest BCUT2D eigenvalue weighted by Crippen LogP contribution is 2.60. The second-order valence-corrected chi connectivity index (χ2v) is 15.5. The first-order chi connectivity index (χ1) is 22.5. The average Bonchev–Trinajstić information content (AvgIpc) is 3.02. The van der Waals surface area contributed by atoms with Gasteiger partial charge < -0.3 is 30.9 Å². The Morgan fingerprint density at radius 1 is 1.11 bits per heavy atom. The molecule has 47 heavy (non-hydrogen) atoms. The van der Waals surface area contributed by atoms with Gasteiger partial charge >= 0.3 is 6.09 Å². The summed E-state index contributed by atoms with van der Waals surface area (Å²) in [6.45, 7) is 8.45. The molecule has 0 radical (unpaired) electrons. The van der Waals surface area contributed by atoms with E-state index in [2.05, 4.69) is 37.3 Å². The number of carbonyl (C=O) groups excluding carboxylic acids is 2. The molecule has 1 aromatic heterocycles. The number of alkyl carbamates (subject to hydrolysis) is 1. The molecule has 0 spiro atoms. The topological polar surface area (TPSA) is 144 Å². The van der Waals surface area contributed by atoms with Gasteiger partial charge in [0.25, 0.3) is 0 Å². The Kier molecular flexibility index (Phi) is 9.81. The van der Waals surface area contributed by atoms with Crippen LogP contribution in [-0.4, -0.2) is 70.7 Å². The highest BCUT2D eigenvalue weighted by Gasteiger charge is 2.55. The first kappa shape index (κ1) is 33.3. The van der Waals surface area contributed by atoms with E-state index in [4.69, 9.17) is 16.3 Å². The molecule has 11 nitrogen and oxygen atoms in total. The molecular formula is C35H47ClN8O3. The fraction of sp³-hybridized carbons (Fsp3) is 0.629. The number of carbonyl (C=O) groups is 2. The molecule has 2 amide bonds. The number of aromatic nitrogens is 2. The van der Waals surface area contributed by atoms with Crippen LogP contribution in [0.2, 0.25) is 5.02 Å². The lowest BCUT2D eigenvalue weighted by atomic mass is 9.48. The van der Waals surface area contributed by atoms with Crippen molar-refractivity contribution >= 4 is 35.4 Å². The number of likely N-dealkylation sites (tertiary alicyclic amines) is 1. The molecule has 12 heteroatoms. The third kappa shape index (κ3) is 8.10. The summed E-state index contributed by atoms with van der Waals surface area (Å²) in [6, 6.07) is 10.3. The van der Waals surface area contributed by atoms with Gasteiger partial charge in [0.1, 0.15) is 23.1 Å². The van der Waals surface area contributed by atoms with Gasteiger partial charge in [0, 0.05) is 43.3 Å². The fourth-order valence-corrected chi connectivity index (χ4v) is 8.78. The van der Waals surface area contributed by atoms with Crippen LogP contribution in [0.3, 0.4) is 0 Å². The maximum absolute atomic E-state index is 13.2. The highest BCUT2D eigenvalue weighted by molar-refractivity contribution is 6.31. The normalized spacial score (nSPS) is 26.8. The predicted molar refractivity (Wildman–Crippen MR) is 181 cm³/mol. The van der Waals surface area contributed by atoms with Gasteiger partial charge in [-0.1, -0.05) is 29.8 Å². The smallest absolute Gasteiger partial charge is 0.407 e. The minimum Gasteiger partial charge on any atom is -0.444 e. The Morgan fingerprint density at radius 2 is 1.83 bits per heavy atom. The number of benzene rings is 1. The van der Waals surface area contributed by atoms with Crippen LogP contribution >= 0.6 is 11.6 Å². The van der Waals surface area contributed by atoms with Crippen LogP contribution in [0.25, 0.3) is 0 Å². The van der Waals surface area contributed by atoms with Crippen LogP contribution in [-0.2, 0) is 16.1 Å². The number of hydrogen-bond acceptors (Lipinski definition) is 9. The number of amides is 2. The number of ether oxygens (including phenoxy) is 1. The van der Waals surface area contributed by atoms with Crippen molar-refractivity contribution in [2.24, 2.45) is 23.2 Å². The first-order valence-electron chi connectivity index (χ1n) is 17.0. The van der Waals surface area contributed by atoms with Crippen molar-refractivity contribution in [3.8, 4) is 6.07 Å². The van der Waals surface area contributed by atoms with E-state index in [1.165, 1.54) is 19.3 Å². The molecular weight excluding hydrogens is 616 g/mol. The van der Waals surface area contributed by atoms with Gasteiger partial charge in [-0.3, -0.25) is 4.79 Å². The molecule has 5 aliphatic rings. The fourth-order valence-electron chi connectivity index (χ4n) is 8.58. The molecule has 1 saturated heterocycles. The van der Waals surface area contributed by atoms with E-state index in [1.54, 1.807) is 6.20 Å².